The number of carbonyl (C=O) groups is 2. The van der Waals surface area contributed by atoms with E-state index in [0.29, 0.717) is 7.11 Å². The van der Waals surface area contributed by atoms with Gasteiger partial charge < -0.3 is 19.9 Å². The van der Waals surface area contributed by atoms with Crippen molar-refractivity contribution in [3.8, 4) is 5.75 Å². The fraction of sp³-hybridized carbons (Fsp3) is 0.385. The second-order valence-corrected chi connectivity index (χ2v) is 4.08. The van der Waals surface area contributed by atoms with E-state index in [-0.39, 0.29) is 17.9 Å². The third kappa shape index (κ3) is 3.48. The minimum absolute atomic E-state index is 0.0110. The first-order chi connectivity index (χ1) is 10.2. The van der Waals surface area contributed by atoms with Crippen molar-refractivity contribution in [3.05, 3.63) is 29.8 Å². The van der Waals surface area contributed by atoms with E-state index in [0.717, 1.165) is 0 Å². The van der Waals surface area contributed by atoms with Crippen LogP contribution in [0.1, 0.15) is 17.3 Å². The lowest BCUT2D eigenvalue weighted by Crippen LogP contribution is -2.64. The van der Waals surface area contributed by atoms with E-state index in [1.54, 1.807) is 6.92 Å². The predicted molar refractivity (Wildman–Crippen MR) is 68.1 cm³/mol. The first-order valence-electron chi connectivity index (χ1n) is 6.09. The van der Waals surface area contributed by atoms with Crippen molar-refractivity contribution in [2.24, 2.45) is 0 Å². The minimum Gasteiger partial charge on any atom is -0.493 e. The van der Waals surface area contributed by atoms with Crippen LogP contribution in [-0.2, 0) is 9.53 Å². The first kappa shape index (κ1) is 17.8. The van der Waals surface area contributed by atoms with Gasteiger partial charge in [-0.1, -0.05) is 12.1 Å². The molecule has 0 heterocycles. The number of amides is 1. The van der Waals surface area contributed by atoms with Crippen LogP contribution >= 0.6 is 0 Å². The Hall–Kier alpha value is -2.29. The number of nitrogens with one attached hydrogen (secondary N) is 1. The summed E-state index contributed by atoms with van der Waals surface area (Å²) in [6.45, 7) is 1.79. The van der Waals surface area contributed by atoms with Gasteiger partial charge in [-0.05, 0) is 19.1 Å². The summed E-state index contributed by atoms with van der Waals surface area (Å²) in [5, 5.41) is 10.7. The molecule has 0 aromatic heterocycles. The van der Waals surface area contributed by atoms with Gasteiger partial charge in [-0.15, -0.1) is 0 Å². The van der Waals surface area contributed by atoms with Crippen LogP contribution < -0.4 is 10.1 Å². The van der Waals surface area contributed by atoms with Gasteiger partial charge in [0.1, 0.15) is 5.75 Å². The maximum Gasteiger partial charge on any atom is 0.448 e. The number of methoxy groups -OCH3 is 1. The Morgan fingerprint density at radius 3 is 2.36 bits per heavy atom. The molecule has 0 saturated heterocycles. The molecule has 1 atom stereocenters. The number of halogens is 3. The molecule has 2 N–H and O–H groups in total. The molecule has 0 saturated carbocycles. The van der Waals surface area contributed by atoms with Gasteiger partial charge >= 0.3 is 17.9 Å². The van der Waals surface area contributed by atoms with Crippen LogP contribution in [0.3, 0.4) is 0 Å². The lowest BCUT2D eigenvalue weighted by atomic mass is 10.1. The summed E-state index contributed by atoms with van der Waals surface area (Å²) in [7, 11) is 0.652. The van der Waals surface area contributed by atoms with Gasteiger partial charge in [-0.25, -0.2) is 4.79 Å². The lowest BCUT2D eigenvalue weighted by molar-refractivity contribution is -0.268. The van der Waals surface area contributed by atoms with Gasteiger partial charge in [0.2, 0.25) is 0 Å². The molecule has 0 aliphatic heterocycles. The average molecular weight is 321 g/mol. The van der Waals surface area contributed by atoms with Crippen molar-refractivity contribution < 1.29 is 37.3 Å². The molecule has 1 amide bonds. The monoisotopic (exact) mass is 321 g/mol. The maximum absolute atomic E-state index is 12.9. The Morgan fingerprint density at radius 1 is 1.27 bits per heavy atom. The molecule has 1 aromatic rings. The Bertz CT molecular complexity index is 561. The summed E-state index contributed by atoms with van der Waals surface area (Å²) >= 11 is 0. The van der Waals surface area contributed by atoms with Crippen LogP contribution in [-0.4, -0.2) is 42.6 Å². The summed E-state index contributed by atoms with van der Waals surface area (Å²) in [5.41, 5.74) is -4.42. The van der Waals surface area contributed by atoms with Crippen molar-refractivity contribution in [2.75, 3.05) is 13.7 Å². The Morgan fingerprint density at radius 2 is 1.86 bits per heavy atom. The Kier molecular flexibility index (Phi) is 5.37. The van der Waals surface area contributed by atoms with Crippen molar-refractivity contribution in [3.63, 3.8) is 0 Å². The number of hydrogen-bond acceptors (Lipinski definition) is 5. The molecule has 22 heavy (non-hydrogen) atoms. The van der Waals surface area contributed by atoms with E-state index in [1.165, 1.54) is 29.6 Å². The van der Waals surface area contributed by atoms with E-state index in [1.807, 2.05) is 0 Å². The van der Waals surface area contributed by atoms with Crippen molar-refractivity contribution in [1.82, 2.24) is 5.32 Å². The zero-order valence-electron chi connectivity index (χ0n) is 11.7. The minimum atomic E-state index is -5.46. The maximum atomic E-state index is 12.9. The topological polar surface area (TPSA) is 84.9 Å². The summed E-state index contributed by atoms with van der Waals surface area (Å²) in [6.07, 6.45) is -5.46. The number of aliphatic hydroxyl groups is 1. The highest BCUT2D eigenvalue weighted by Crippen LogP contribution is 2.30. The highest BCUT2D eigenvalue weighted by molar-refractivity contribution is 6.00. The number of benzene rings is 1. The van der Waals surface area contributed by atoms with Gasteiger partial charge in [0, 0.05) is 0 Å². The number of alkyl halides is 3. The van der Waals surface area contributed by atoms with E-state index >= 15 is 0 Å². The number of ether oxygens (including phenoxy) is 2. The van der Waals surface area contributed by atoms with Gasteiger partial charge in [0.15, 0.2) is 0 Å². The highest BCUT2D eigenvalue weighted by Gasteiger charge is 2.62. The first-order valence-corrected chi connectivity index (χ1v) is 6.09. The summed E-state index contributed by atoms with van der Waals surface area (Å²) in [6, 6.07) is 5.46. The molecule has 0 aliphatic rings. The molecule has 1 aromatic carbocycles. The fourth-order valence-corrected chi connectivity index (χ4v) is 1.55. The Balaban J connectivity index is 3.15. The largest absolute Gasteiger partial charge is 0.493 e. The molecule has 1 unspecified atom stereocenters. The molecule has 6 nitrogen and oxygen atoms in total. The normalized spacial score (nSPS) is 13.9. The second kappa shape index (κ2) is 6.65. The zero-order valence-corrected chi connectivity index (χ0v) is 11.7. The molecule has 0 radical (unpaired) electrons. The van der Waals surface area contributed by atoms with Crippen molar-refractivity contribution >= 4 is 11.9 Å². The molecular weight excluding hydrogens is 307 g/mol. The van der Waals surface area contributed by atoms with Crippen LogP contribution in [0.2, 0.25) is 0 Å². The molecule has 0 bridgehead atoms. The van der Waals surface area contributed by atoms with Crippen molar-refractivity contribution in [2.45, 2.75) is 18.8 Å². The number of esters is 1. The summed E-state index contributed by atoms with van der Waals surface area (Å²) in [4.78, 5) is 23.2. The number of rotatable bonds is 5. The molecule has 0 spiro atoms. The van der Waals surface area contributed by atoms with E-state index in [9.17, 15) is 27.9 Å². The van der Waals surface area contributed by atoms with Crippen LogP contribution in [0.4, 0.5) is 13.2 Å². The number of hydrogen-bond donors (Lipinski definition) is 2. The van der Waals surface area contributed by atoms with E-state index < -0.39 is 23.8 Å². The molecule has 0 fully saturated rings. The average Bonchev–Trinajstić information content (AvgIpc) is 2.45. The molecular formula is C13H14F3NO5. The molecule has 122 valence electrons. The standard InChI is InChI=1S/C13H14F3NO5/c1-3-22-9-7-5-4-6-8(9)10(18)17-12(20,11(19)21-2)13(14,15)16/h4-7,20H,3H2,1-2H3,(H,17,18). The second-order valence-electron chi connectivity index (χ2n) is 4.08. The quantitative estimate of drug-likeness (QED) is 0.629. The molecule has 9 heteroatoms. The van der Waals surface area contributed by atoms with E-state index in [4.69, 9.17) is 4.74 Å². The van der Waals surface area contributed by atoms with Crippen LogP contribution in [0.5, 0.6) is 5.75 Å². The smallest absolute Gasteiger partial charge is 0.448 e. The molecule has 1 rings (SSSR count). The third-order valence-corrected chi connectivity index (χ3v) is 2.62. The van der Waals surface area contributed by atoms with Crippen LogP contribution in [0.25, 0.3) is 0 Å². The van der Waals surface area contributed by atoms with Gasteiger partial charge in [-0.3, -0.25) is 4.79 Å². The lowest BCUT2D eigenvalue weighted by Gasteiger charge is -2.28. The van der Waals surface area contributed by atoms with E-state index in [2.05, 4.69) is 4.74 Å². The third-order valence-electron chi connectivity index (χ3n) is 2.62. The highest BCUT2D eigenvalue weighted by atomic mass is 19.4. The van der Waals surface area contributed by atoms with Gasteiger partial charge in [0.25, 0.3) is 5.91 Å². The van der Waals surface area contributed by atoms with Crippen LogP contribution in [0.15, 0.2) is 24.3 Å². The predicted octanol–water partition coefficient (Wildman–Crippen LogP) is 1.24. The number of carbonyl (C=O) groups excluding carboxylic acids is 2. The zero-order chi connectivity index (χ0) is 17.0. The van der Waals surface area contributed by atoms with Crippen molar-refractivity contribution in [1.29, 1.82) is 0 Å². The van der Waals surface area contributed by atoms with Gasteiger partial charge in [0.05, 0.1) is 19.3 Å². The molecule has 0 aliphatic carbocycles. The van der Waals surface area contributed by atoms with Gasteiger partial charge in [-0.2, -0.15) is 13.2 Å². The Labute approximate surface area is 123 Å². The summed E-state index contributed by atoms with van der Waals surface area (Å²) in [5.74, 6) is -3.38. The van der Waals surface area contributed by atoms with Crippen LogP contribution in [0, 0.1) is 0 Å². The fourth-order valence-electron chi connectivity index (χ4n) is 1.55. The SMILES string of the molecule is CCOc1ccccc1C(=O)NC(O)(C(=O)OC)C(F)(F)F. The number of para-hydroxylation sites is 1. The summed E-state index contributed by atoms with van der Waals surface area (Å²) < 4.78 is 47.6.